The predicted octanol–water partition coefficient (Wildman–Crippen LogP) is 2.23. The van der Waals surface area contributed by atoms with Crippen LogP contribution in [0.15, 0.2) is 59.6 Å². The molecule has 0 radical (unpaired) electrons. The molecule has 1 aromatic heterocycles. The van der Waals surface area contributed by atoms with Crippen LogP contribution in [0.25, 0.3) is 10.9 Å². The number of aromatic nitrogens is 1. The molecule has 0 saturated carbocycles. The highest BCUT2D eigenvalue weighted by atomic mass is 32.2. The number of methoxy groups -OCH3 is 1. The number of aromatic amines is 1. The maximum atomic E-state index is 12.5. The zero-order valence-corrected chi connectivity index (χ0v) is 15.9. The topological polar surface area (TPSA) is 115 Å². The lowest BCUT2D eigenvalue weighted by Gasteiger charge is -2.13. The van der Waals surface area contributed by atoms with Crippen molar-refractivity contribution in [3.63, 3.8) is 0 Å². The fourth-order valence-corrected chi connectivity index (χ4v) is 3.76. The minimum absolute atomic E-state index is 0.0908. The number of esters is 2. The fraction of sp³-hybridized carbons (Fsp3) is 0.158. The number of ether oxygens (including phenoxy) is 2. The number of fused-ring (bicyclic) bond motifs is 1. The largest absolute Gasteiger partial charge is 0.465 e. The van der Waals surface area contributed by atoms with Crippen molar-refractivity contribution >= 4 is 32.9 Å². The smallest absolute Gasteiger partial charge is 0.337 e. The summed E-state index contributed by atoms with van der Waals surface area (Å²) in [4.78, 5) is 26.6. The summed E-state index contributed by atoms with van der Waals surface area (Å²) in [5.41, 5.74) is 1.01. The van der Waals surface area contributed by atoms with E-state index >= 15 is 0 Å². The molecule has 146 valence electrons. The van der Waals surface area contributed by atoms with Crippen molar-refractivity contribution in [3.05, 3.63) is 60.3 Å². The predicted molar refractivity (Wildman–Crippen MR) is 101 cm³/mol. The van der Waals surface area contributed by atoms with Crippen molar-refractivity contribution in [3.8, 4) is 5.75 Å². The maximum absolute atomic E-state index is 12.5. The number of H-pyrrole nitrogens is 1. The molecule has 3 rings (SSSR count). The van der Waals surface area contributed by atoms with E-state index in [-0.39, 0.29) is 10.5 Å². The Bertz CT molecular complexity index is 1120. The monoisotopic (exact) mass is 402 g/mol. The Balaban J connectivity index is 1.71. The van der Waals surface area contributed by atoms with Gasteiger partial charge in [-0.2, -0.15) is 4.72 Å². The molecule has 8 nitrogen and oxygen atoms in total. The van der Waals surface area contributed by atoms with Gasteiger partial charge in [-0.3, -0.25) is 0 Å². The summed E-state index contributed by atoms with van der Waals surface area (Å²) in [7, 11) is -2.75. The fourth-order valence-electron chi connectivity index (χ4n) is 2.56. The highest BCUT2D eigenvalue weighted by Crippen LogP contribution is 2.25. The van der Waals surface area contributed by atoms with Crippen LogP contribution in [-0.2, 0) is 19.6 Å². The van der Waals surface area contributed by atoms with Crippen molar-refractivity contribution in [2.45, 2.75) is 17.9 Å². The SMILES string of the molecule is COC(=O)c1ccc(S(=O)(=O)N[C@@H](C)C(=O)Oc2c[nH]c3ccccc23)cc1. The Kier molecular flexibility index (Phi) is 5.48. The lowest BCUT2D eigenvalue weighted by atomic mass is 10.2. The van der Waals surface area contributed by atoms with Gasteiger partial charge in [0.1, 0.15) is 6.04 Å². The van der Waals surface area contributed by atoms with Crippen LogP contribution in [0.3, 0.4) is 0 Å². The number of hydrogen-bond donors (Lipinski definition) is 2. The van der Waals surface area contributed by atoms with Crippen molar-refractivity contribution < 1.29 is 27.5 Å². The highest BCUT2D eigenvalue weighted by molar-refractivity contribution is 7.89. The average molecular weight is 402 g/mol. The van der Waals surface area contributed by atoms with Gasteiger partial charge in [-0.25, -0.2) is 18.0 Å². The molecule has 0 fully saturated rings. The molecular formula is C19H18N2O6S. The molecule has 0 aliphatic heterocycles. The number of nitrogens with one attached hydrogen (secondary N) is 2. The number of rotatable bonds is 6. The van der Waals surface area contributed by atoms with Gasteiger partial charge in [0.2, 0.25) is 10.0 Å². The molecule has 3 aromatic rings. The molecule has 9 heteroatoms. The molecule has 1 atom stereocenters. The summed E-state index contributed by atoms with van der Waals surface area (Å²) >= 11 is 0. The third-order valence-electron chi connectivity index (χ3n) is 4.03. The van der Waals surface area contributed by atoms with Crippen LogP contribution in [0.4, 0.5) is 0 Å². The van der Waals surface area contributed by atoms with Gasteiger partial charge in [0, 0.05) is 17.1 Å². The van der Waals surface area contributed by atoms with E-state index < -0.39 is 28.0 Å². The van der Waals surface area contributed by atoms with E-state index in [1.54, 1.807) is 12.1 Å². The maximum Gasteiger partial charge on any atom is 0.337 e. The second kappa shape index (κ2) is 7.83. The minimum Gasteiger partial charge on any atom is -0.465 e. The minimum atomic E-state index is -3.99. The summed E-state index contributed by atoms with van der Waals surface area (Å²) in [6.45, 7) is 1.39. The Hall–Kier alpha value is -3.17. The van der Waals surface area contributed by atoms with Gasteiger partial charge in [-0.15, -0.1) is 0 Å². The van der Waals surface area contributed by atoms with E-state index in [4.69, 9.17) is 4.74 Å². The molecule has 0 spiro atoms. The molecule has 0 saturated heterocycles. The molecule has 0 aliphatic carbocycles. The quantitative estimate of drug-likeness (QED) is 0.611. The van der Waals surface area contributed by atoms with Gasteiger partial charge < -0.3 is 14.5 Å². The summed E-state index contributed by atoms with van der Waals surface area (Å²) < 4.78 is 37.1. The van der Waals surface area contributed by atoms with Gasteiger partial charge >= 0.3 is 11.9 Å². The van der Waals surface area contributed by atoms with Gasteiger partial charge in [0.25, 0.3) is 0 Å². The van der Waals surface area contributed by atoms with Crippen LogP contribution in [0.1, 0.15) is 17.3 Å². The zero-order chi connectivity index (χ0) is 20.3. The van der Waals surface area contributed by atoms with Crippen LogP contribution < -0.4 is 9.46 Å². The lowest BCUT2D eigenvalue weighted by Crippen LogP contribution is -2.40. The first kappa shape index (κ1) is 19.6. The molecule has 0 unspecified atom stereocenters. The normalized spacial score (nSPS) is 12.5. The second-order valence-corrected chi connectivity index (χ2v) is 7.69. The Morgan fingerprint density at radius 3 is 2.43 bits per heavy atom. The van der Waals surface area contributed by atoms with Gasteiger partial charge in [0.05, 0.1) is 17.6 Å². The molecule has 0 bridgehead atoms. The molecule has 28 heavy (non-hydrogen) atoms. The van der Waals surface area contributed by atoms with E-state index in [9.17, 15) is 18.0 Å². The highest BCUT2D eigenvalue weighted by Gasteiger charge is 2.24. The summed E-state index contributed by atoms with van der Waals surface area (Å²) in [6.07, 6.45) is 1.54. The third-order valence-corrected chi connectivity index (χ3v) is 5.59. The molecule has 2 N–H and O–H groups in total. The first-order valence-electron chi connectivity index (χ1n) is 8.30. The van der Waals surface area contributed by atoms with E-state index in [0.717, 1.165) is 5.52 Å². The second-order valence-electron chi connectivity index (χ2n) is 5.98. The van der Waals surface area contributed by atoms with Crippen LogP contribution in [-0.4, -0.2) is 38.5 Å². The van der Waals surface area contributed by atoms with E-state index in [0.29, 0.717) is 11.1 Å². The van der Waals surface area contributed by atoms with Gasteiger partial charge in [0.15, 0.2) is 5.75 Å². The van der Waals surface area contributed by atoms with Crippen molar-refractivity contribution in [2.24, 2.45) is 0 Å². The third kappa shape index (κ3) is 4.05. The Morgan fingerprint density at radius 2 is 1.75 bits per heavy atom. The Morgan fingerprint density at radius 1 is 1.07 bits per heavy atom. The Labute approximate surface area is 161 Å². The molecular weight excluding hydrogens is 384 g/mol. The number of carbonyl (C=O) groups excluding carboxylic acids is 2. The molecule has 1 heterocycles. The number of sulfonamides is 1. The number of benzene rings is 2. The van der Waals surface area contributed by atoms with E-state index in [1.807, 2.05) is 12.1 Å². The van der Waals surface area contributed by atoms with Gasteiger partial charge in [-0.05, 0) is 43.3 Å². The molecule has 0 aliphatic rings. The summed E-state index contributed by atoms with van der Waals surface area (Å²) in [6, 6.07) is 11.3. The van der Waals surface area contributed by atoms with E-state index in [1.165, 1.54) is 44.5 Å². The first-order valence-corrected chi connectivity index (χ1v) is 9.78. The number of carbonyl (C=O) groups is 2. The van der Waals surface area contributed by atoms with Crippen molar-refractivity contribution in [1.82, 2.24) is 9.71 Å². The zero-order valence-electron chi connectivity index (χ0n) is 15.1. The molecule has 0 amide bonds. The molecule has 2 aromatic carbocycles. The average Bonchev–Trinajstić information content (AvgIpc) is 3.10. The number of para-hydroxylation sites is 1. The standard InChI is InChI=1S/C19H18N2O6S/c1-12(18(22)27-17-11-20-16-6-4-3-5-15(16)17)21-28(24,25)14-9-7-13(8-10-14)19(23)26-2/h3-12,20-21H,1-2H3/t12-/m0/s1. The summed E-state index contributed by atoms with van der Waals surface area (Å²) in [5, 5.41) is 0.712. The van der Waals surface area contributed by atoms with Crippen LogP contribution in [0.2, 0.25) is 0 Å². The van der Waals surface area contributed by atoms with Gasteiger partial charge in [-0.1, -0.05) is 12.1 Å². The lowest BCUT2D eigenvalue weighted by molar-refractivity contribution is -0.135. The first-order chi connectivity index (χ1) is 13.3. The van der Waals surface area contributed by atoms with Crippen molar-refractivity contribution in [1.29, 1.82) is 0 Å². The van der Waals surface area contributed by atoms with Crippen LogP contribution in [0, 0.1) is 0 Å². The van der Waals surface area contributed by atoms with E-state index in [2.05, 4.69) is 14.4 Å². The summed E-state index contributed by atoms with van der Waals surface area (Å²) in [5.74, 6) is -1.01. The van der Waals surface area contributed by atoms with Crippen LogP contribution >= 0.6 is 0 Å². The van der Waals surface area contributed by atoms with Crippen LogP contribution in [0.5, 0.6) is 5.75 Å². The van der Waals surface area contributed by atoms with Crippen molar-refractivity contribution in [2.75, 3.05) is 7.11 Å². The number of hydrogen-bond acceptors (Lipinski definition) is 6.